The Balaban J connectivity index is 1.55. The number of aromatic nitrogens is 4. The molecule has 4 nitrogen and oxygen atoms in total. The molecule has 0 saturated heterocycles. The van der Waals surface area contributed by atoms with Gasteiger partial charge in [0.2, 0.25) is 5.95 Å². The van der Waals surface area contributed by atoms with Crippen molar-refractivity contribution in [1.29, 1.82) is 0 Å². The van der Waals surface area contributed by atoms with Gasteiger partial charge in [0.25, 0.3) is 0 Å². The van der Waals surface area contributed by atoms with Crippen molar-refractivity contribution in [2.75, 3.05) is 0 Å². The summed E-state index contributed by atoms with van der Waals surface area (Å²) in [7, 11) is 0. The third-order valence-electron chi connectivity index (χ3n) is 6.22. The van der Waals surface area contributed by atoms with E-state index in [9.17, 15) is 0 Å². The molecule has 150 valence electrons. The van der Waals surface area contributed by atoms with Crippen LogP contribution in [0.15, 0.2) is 109 Å². The van der Waals surface area contributed by atoms with Crippen LogP contribution in [0, 0.1) is 0 Å². The van der Waals surface area contributed by atoms with Crippen molar-refractivity contribution in [3.63, 3.8) is 0 Å². The van der Waals surface area contributed by atoms with Gasteiger partial charge in [0, 0.05) is 27.7 Å². The molecular formula is C28H18N4. The van der Waals surface area contributed by atoms with E-state index in [1.165, 1.54) is 21.5 Å². The molecule has 32 heavy (non-hydrogen) atoms. The highest BCUT2D eigenvalue weighted by atomic mass is 15.2. The molecule has 7 rings (SSSR count). The monoisotopic (exact) mass is 410 g/mol. The molecule has 0 radical (unpaired) electrons. The molecule has 0 saturated carbocycles. The summed E-state index contributed by atoms with van der Waals surface area (Å²) in [4.78, 5) is 9.76. The maximum Gasteiger partial charge on any atom is 0.236 e. The van der Waals surface area contributed by atoms with Gasteiger partial charge in [0.1, 0.15) is 5.82 Å². The third-order valence-corrected chi connectivity index (χ3v) is 6.22. The molecule has 0 fully saturated rings. The van der Waals surface area contributed by atoms with Crippen LogP contribution >= 0.6 is 0 Å². The summed E-state index contributed by atoms with van der Waals surface area (Å²) in [5, 5.41) is 4.85. The molecule has 4 heteroatoms. The van der Waals surface area contributed by atoms with Gasteiger partial charge in [-0.15, -0.1) is 0 Å². The number of para-hydroxylation sites is 4. The topological polar surface area (TPSA) is 35.6 Å². The Bertz CT molecular complexity index is 1550. The Hall–Kier alpha value is -4.44. The lowest BCUT2D eigenvalue weighted by atomic mass is 10.2. The standard InChI is InChI=1S/C28H18N4/c1-5-13-23-19(9-1)20-10-2-6-14-24(20)31(23)27-17-18-29-28(30-27)32-25-15-7-3-11-21(25)22-12-4-8-16-26(22)32/h1-18H. The Morgan fingerprint density at radius 1 is 0.438 bits per heavy atom. The van der Waals surface area contributed by atoms with Gasteiger partial charge in [0.05, 0.1) is 22.1 Å². The van der Waals surface area contributed by atoms with E-state index in [0.29, 0.717) is 5.95 Å². The molecule has 0 aliphatic carbocycles. The van der Waals surface area contributed by atoms with Crippen molar-refractivity contribution in [3.8, 4) is 11.8 Å². The molecule has 0 N–H and O–H groups in total. The van der Waals surface area contributed by atoms with Gasteiger partial charge in [-0.1, -0.05) is 72.8 Å². The fourth-order valence-electron chi connectivity index (χ4n) is 4.88. The average Bonchev–Trinajstić information content (AvgIpc) is 3.37. The van der Waals surface area contributed by atoms with Crippen LogP contribution < -0.4 is 0 Å². The van der Waals surface area contributed by atoms with E-state index in [1.807, 2.05) is 12.3 Å². The minimum Gasteiger partial charge on any atom is -0.294 e. The van der Waals surface area contributed by atoms with Crippen molar-refractivity contribution in [2.45, 2.75) is 0 Å². The first-order chi connectivity index (χ1) is 15.9. The molecular weight excluding hydrogens is 392 g/mol. The number of hydrogen-bond donors (Lipinski definition) is 0. The lowest BCUT2D eigenvalue weighted by Gasteiger charge is -2.10. The second kappa shape index (κ2) is 6.53. The molecule has 0 atom stereocenters. The lowest BCUT2D eigenvalue weighted by Crippen LogP contribution is -2.05. The minimum absolute atomic E-state index is 0.668. The van der Waals surface area contributed by atoms with Gasteiger partial charge in [-0.3, -0.25) is 9.13 Å². The van der Waals surface area contributed by atoms with Crippen molar-refractivity contribution in [2.24, 2.45) is 0 Å². The Morgan fingerprint density at radius 3 is 1.31 bits per heavy atom. The Labute approximate surface area is 184 Å². The zero-order valence-corrected chi connectivity index (χ0v) is 17.2. The van der Waals surface area contributed by atoms with Crippen molar-refractivity contribution >= 4 is 43.6 Å². The van der Waals surface area contributed by atoms with Crippen LogP contribution in [0.25, 0.3) is 55.4 Å². The highest BCUT2D eigenvalue weighted by molar-refractivity contribution is 6.10. The largest absolute Gasteiger partial charge is 0.294 e. The summed E-state index contributed by atoms with van der Waals surface area (Å²) in [6.07, 6.45) is 1.85. The molecule has 3 aromatic heterocycles. The molecule has 0 unspecified atom stereocenters. The number of rotatable bonds is 2. The van der Waals surface area contributed by atoms with Gasteiger partial charge < -0.3 is 0 Å². The van der Waals surface area contributed by atoms with Crippen LogP contribution in [-0.2, 0) is 0 Å². The van der Waals surface area contributed by atoms with E-state index in [0.717, 1.165) is 27.9 Å². The predicted octanol–water partition coefficient (Wildman–Crippen LogP) is 6.67. The molecule has 0 spiro atoms. The maximum atomic E-state index is 5.07. The minimum atomic E-state index is 0.668. The fourth-order valence-corrected chi connectivity index (χ4v) is 4.88. The molecule has 4 aromatic carbocycles. The zero-order valence-electron chi connectivity index (χ0n) is 17.2. The fraction of sp³-hybridized carbons (Fsp3) is 0. The van der Waals surface area contributed by atoms with Crippen molar-refractivity contribution < 1.29 is 0 Å². The highest BCUT2D eigenvalue weighted by Crippen LogP contribution is 2.33. The van der Waals surface area contributed by atoms with Gasteiger partial charge in [-0.25, -0.2) is 4.98 Å². The predicted molar refractivity (Wildman–Crippen MR) is 131 cm³/mol. The quantitative estimate of drug-likeness (QED) is 0.319. The summed E-state index contributed by atoms with van der Waals surface area (Å²) in [6.45, 7) is 0. The lowest BCUT2D eigenvalue weighted by molar-refractivity contribution is 0.948. The summed E-state index contributed by atoms with van der Waals surface area (Å²) in [6, 6.07) is 35.8. The summed E-state index contributed by atoms with van der Waals surface area (Å²) >= 11 is 0. The molecule has 0 amide bonds. The van der Waals surface area contributed by atoms with Crippen LogP contribution in [0.5, 0.6) is 0 Å². The SMILES string of the molecule is c1ccc2c(c1)c1ccccc1n2-c1ccnc(-n2c3ccccc3c3ccccc32)n1. The molecule has 0 aliphatic rings. The van der Waals surface area contributed by atoms with E-state index >= 15 is 0 Å². The van der Waals surface area contributed by atoms with Crippen molar-refractivity contribution in [1.82, 2.24) is 19.1 Å². The zero-order chi connectivity index (χ0) is 21.1. The second-order valence-corrected chi connectivity index (χ2v) is 7.95. The number of fused-ring (bicyclic) bond motifs is 6. The Morgan fingerprint density at radius 2 is 0.844 bits per heavy atom. The number of benzene rings is 4. The van der Waals surface area contributed by atoms with Crippen LogP contribution in [0.3, 0.4) is 0 Å². The summed E-state index contributed by atoms with van der Waals surface area (Å²) < 4.78 is 4.38. The van der Waals surface area contributed by atoms with Crippen LogP contribution in [0.1, 0.15) is 0 Å². The van der Waals surface area contributed by atoms with E-state index in [1.54, 1.807) is 0 Å². The number of nitrogens with zero attached hydrogens (tertiary/aromatic N) is 4. The first-order valence-electron chi connectivity index (χ1n) is 10.7. The van der Waals surface area contributed by atoms with E-state index in [2.05, 4.69) is 106 Å². The van der Waals surface area contributed by atoms with Gasteiger partial charge in [-0.05, 0) is 30.3 Å². The summed E-state index contributed by atoms with van der Waals surface area (Å²) in [5.74, 6) is 1.52. The third kappa shape index (κ3) is 2.32. The van der Waals surface area contributed by atoms with Crippen LogP contribution in [-0.4, -0.2) is 19.1 Å². The maximum absolute atomic E-state index is 5.07. The van der Waals surface area contributed by atoms with E-state index in [-0.39, 0.29) is 0 Å². The summed E-state index contributed by atoms with van der Waals surface area (Å²) in [5.41, 5.74) is 4.49. The number of hydrogen-bond acceptors (Lipinski definition) is 2. The van der Waals surface area contributed by atoms with Crippen LogP contribution in [0.4, 0.5) is 0 Å². The molecule has 0 aliphatic heterocycles. The highest BCUT2D eigenvalue weighted by Gasteiger charge is 2.16. The first-order valence-corrected chi connectivity index (χ1v) is 10.7. The van der Waals surface area contributed by atoms with E-state index in [4.69, 9.17) is 9.97 Å². The molecule has 7 aromatic rings. The molecule has 3 heterocycles. The Kier molecular flexibility index (Phi) is 3.52. The van der Waals surface area contributed by atoms with Gasteiger partial charge in [0.15, 0.2) is 0 Å². The van der Waals surface area contributed by atoms with E-state index < -0.39 is 0 Å². The first kappa shape index (κ1) is 17.3. The second-order valence-electron chi connectivity index (χ2n) is 7.95. The van der Waals surface area contributed by atoms with Crippen molar-refractivity contribution in [3.05, 3.63) is 109 Å². The normalized spacial score (nSPS) is 11.8. The molecule has 0 bridgehead atoms. The average molecular weight is 410 g/mol. The smallest absolute Gasteiger partial charge is 0.236 e. The van der Waals surface area contributed by atoms with Gasteiger partial charge >= 0.3 is 0 Å². The van der Waals surface area contributed by atoms with Crippen LogP contribution in [0.2, 0.25) is 0 Å². The van der Waals surface area contributed by atoms with Gasteiger partial charge in [-0.2, -0.15) is 4.98 Å².